The number of hydrogen-bond donors (Lipinski definition) is 1. The van der Waals surface area contributed by atoms with Crippen LogP contribution in [0.3, 0.4) is 0 Å². The second-order valence-electron chi connectivity index (χ2n) is 5.15. The molecule has 1 aliphatic rings. The summed E-state index contributed by atoms with van der Waals surface area (Å²) in [5.41, 5.74) is -0.249. The topological polar surface area (TPSA) is 49.4 Å². The Balaban J connectivity index is 2.82. The van der Waals surface area contributed by atoms with Crippen LogP contribution >= 0.6 is 0 Å². The second-order valence-corrected chi connectivity index (χ2v) is 5.15. The van der Waals surface area contributed by atoms with Crippen molar-refractivity contribution in [3.05, 3.63) is 12.2 Å². The predicted molar refractivity (Wildman–Crippen MR) is 62.8 cm³/mol. The first-order valence-electron chi connectivity index (χ1n) is 5.55. The molecule has 0 bridgehead atoms. The molecule has 1 heterocycles. The zero-order valence-electron chi connectivity index (χ0n) is 10.4. The molecule has 1 N–H and O–H groups in total. The van der Waals surface area contributed by atoms with Crippen LogP contribution in [0, 0.1) is 5.41 Å². The van der Waals surface area contributed by atoms with E-state index in [2.05, 4.69) is 5.32 Å². The predicted octanol–water partition coefficient (Wildman–Crippen LogP) is 0.936. The van der Waals surface area contributed by atoms with E-state index in [1.54, 1.807) is 4.90 Å². The zero-order chi connectivity index (χ0) is 12.3. The van der Waals surface area contributed by atoms with Gasteiger partial charge < -0.3 is 10.2 Å². The van der Waals surface area contributed by atoms with Gasteiger partial charge in [0.2, 0.25) is 11.8 Å². The Hall–Kier alpha value is -1.32. The van der Waals surface area contributed by atoms with Gasteiger partial charge in [-0.05, 0) is 12.3 Å². The summed E-state index contributed by atoms with van der Waals surface area (Å²) in [4.78, 5) is 25.2. The van der Waals surface area contributed by atoms with Gasteiger partial charge in [-0.2, -0.15) is 0 Å². The summed E-state index contributed by atoms with van der Waals surface area (Å²) in [6.07, 6.45) is 3.77. The van der Waals surface area contributed by atoms with Crippen molar-refractivity contribution in [1.29, 1.82) is 0 Å². The van der Waals surface area contributed by atoms with Gasteiger partial charge in [0.05, 0.1) is 6.54 Å². The lowest BCUT2D eigenvalue weighted by Crippen LogP contribution is -2.62. The molecule has 2 amide bonds. The molecule has 0 spiro atoms. The minimum atomic E-state index is -0.418. The number of carbonyl (C=O) groups excluding carboxylic acids is 2. The van der Waals surface area contributed by atoms with E-state index in [9.17, 15) is 9.59 Å². The maximum atomic E-state index is 12.1. The summed E-state index contributed by atoms with van der Waals surface area (Å²) in [5, 5.41) is 2.76. The number of hydrogen-bond acceptors (Lipinski definition) is 2. The summed E-state index contributed by atoms with van der Waals surface area (Å²) >= 11 is 0. The van der Waals surface area contributed by atoms with Crippen LogP contribution < -0.4 is 5.32 Å². The Labute approximate surface area is 96.7 Å². The number of rotatable bonds is 2. The van der Waals surface area contributed by atoms with Gasteiger partial charge >= 0.3 is 0 Å². The standard InChI is InChI=1S/C12H20N2O2/c1-5-6-7-14-8-9(15)13-10(11(14)16)12(2,3)4/h5-6,10H,7-8H2,1-4H3,(H,13,15)/b6-5+. The van der Waals surface area contributed by atoms with Gasteiger partial charge in [-0.3, -0.25) is 9.59 Å². The fourth-order valence-electron chi connectivity index (χ4n) is 1.68. The molecule has 16 heavy (non-hydrogen) atoms. The lowest BCUT2D eigenvalue weighted by molar-refractivity contribution is -0.146. The van der Waals surface area contributed by atoms with Gasteiger partial charge in [0, 0.05) is 6.54 Å². The van der Waals surface area contributed by atoms with Gasteiger partial charge in [-0.25, -0.2) is 0 Å². The highest BCUT2D eigenvalue weighted by Gasteiger charge is 2.39. The molecular formula is C12H20N2O2. The average molecular weight is 224 g/mol. The molecule has 1 atom stereocenters. The van der Waals surface area contributed by atoms with E-state index in [0.717, 1.165) is 0 Å². The molecule has 1 unspecified atom stereocenters. The molecule has 1 aliphatic heterocycles. The molecule has 1 saturated heterocycles. The van der Waals surface area contributed by atoms with Crippen LogP contribution in [0.1, 0.15) is 27.7 Å². The van der Waals surface area contributed by atoms with Crippen molar-refractivity contribution in [3.8, 4) is 0 Å². The lowest BCUT2D eigenvalue weighted by atomic mass is 9.85. The van der Waals surface area contributed by atoms with Crippen molar-refractivity contribution in [2.75, 3.05) is 13.1 Å². The third-order valence-corrected chi connectivity index (χ3v) is 2.63. The average Bonchev–Trinajstić information content (AvgIpc) is 2.17. The van der Waals surface area contributed by atoms with Crippen molar-refractivity contribution in [3.63, 3.8) is 0 Å². The molecule has 0 aliphatic carbocycles. The molecule has 4 heteroatoms. The van der Waals surface area contributed by atoms with Crippen molar-refractivity contribution in [2.45, 2.75) is 33.7 Å². The Morgan fingerprint density at radius 1 is 1.44 bits per heavy atom. The van der Waals surface area contributed by atoms with E-state index in [-0.39, 0.29) is 23.8 Å². The molecule has 0 aromatic carbocycles. The Morgan fingerprint density at radius 2 is 2.06 bits per heavy atom. The van der Waals surface area contributed by atoms with Gasteiger partial charge in [0.15, 0.2) is 0 Å². The maximum absolute atomic E-state index is 12.1. The third-order valence-electron chi connectivity index (χ3n) is 2.63. The van der Waals surface area contributed by atoms with E-state index < -0.39 is 6.04 Å². The normalized spacial score (nSPS) is 22.8. The minimum absolute atomic E-state index is 0.00481. The van der Waals surface area contributed by atoms with E-state index in [4.69, 9.17) is 0 Å². The van der Waals surface area contributed by atoms with Crippen molar-refractivity contribution >= 4 is 11.8 Å². The summed E-state index contributed by atoms with van der Waals surface area (Å²) in [6, 6.07) is -0.418. The Bertz CT molecular complexity index is 315. The largest absolute Gasteiger partial charge is 0.342 e. The van der Waals surface area contributed by atoms with Gasteiger partial charge in [-0.15, -0.1) is 0 Å². The molecule has 0 saturated carbocycles. The van der Waals surface area contributed by atoms with E-state index in [1.807, 2.05) is 39.8 Å². The molecule has 90 valence electrons. The van der Waals surface area contributed by atoms with E-state index >= 15 is 0 Å². The quantitative estimate of drug-likeness (QED) is 0.710. The first kappa shape index (κ1) is 12.7. The lowest BCUT2D eigenvalue weighted by Gasteiger charge is -2.38. The van der Waals surface area contributed by atoms with Crippen LogP contribution in [0.2, 0.25) is 0 Å². The van der Waals surface area contributed by atoms with Crippen LogP contribution in [-0.4, -0.2) is 35.8 Å². The first-order chi connectivity index (χ1) is 7.36. The number of allylic oxidation sites excluding steroid dienone is 1. The summed E-state index contributed by atoms with van der Waals surface area (Å²) in [6.45, 7) is 8.43. The SMILES string of the molecule is C/C=C/CN1CC(=O)NC(C(C)(C)C)C1=O. The summed E-state index contributed by atoms with van der Waals surface area (Å²) in [5.74, 6) is -0.0748. The Morgan fingerprint density at radius 3 is 2.56 bits per heavy atom. The van der Waals surface area contributed by atoms with Crippen LogP contribution in [0.15, 0.2) is 12.2 Å². The molecule has 1 rings (SSSR count). The van der Waals surface area contributed by atoms with Crippen LogP contribution in [0.5, 0.6) is 0 Å². The van der Waals surface area contributed by atoms with Crippen molar-refractivity contribution < 1.29 is 9.59 Å². The van der Waals surface area contributed by atoms with Crippen LogP contribution in [-0.2, 0) is 9.59 Å². The third kappa shape index (κ3) is 2.84. The van der Waals surface area contributed by atoms with E-state index in [1.165, 1.54) is 0 Å². The molecule has 1 fully saturated rings. The highest BCUT2D eigenvalue weighted by atomic mass is 16.2. The van der Waals surface area contributed by atoms with E-state index in [0.29, 0.717) is 6.54 Å². The molecule has 4 nitrogen and oxygen atoms in total. The monoisotopic (exact) mass is 224 g/mol. The first-order valence-corrected chi connectivity index (χ1v) is 5.55. The molecule has 0 aromatic heterocycles. The van der Waals surface area contributed by atoms with Crippen molar-refractivity contribution in [1.82, 2.24) is 10.2 Å². The number of nitrogens with one attached hydrogen (secondary N) is 1. The number of piperazine rings is 1. The van der Waals surface area contributed by atoms with Gasteiger partial charge in [0.1, 0.15) is 6.04 Å². The smallest absolute Gasteiger partial charge is 0.246 e. The summed E-state index contributed by atoms with van der Waals surface area (Å²) in [7, 11) is 0. The fraction of sp³-hybridized carbons (Fsp3) is 0.667. The fourth-order valence-corrected chi connectivity index (χ4v) is 1.68. The minimum Gasteiger partial charge on any atom is -0.342 e. The second kappa shape index (κ2) is 4.68. The van der Waals surface area contributed by atoms with Gasteiger partial charge in [0.25, 0.3) is 0 Å². The Kier molecular flexibility index (Phi) is 3.73. The summed E-state index contributed by atoms with van der Waals surface area (Å²) < 4.78 is 0. The number of nitrogens with zero attached hydrogens (tertiary/aromatic N) is 1. The van der Waals surface area contributed by atoms with Gasteiger partial charge in [-0.1, -0.05) is 32.9 Å². The highest BCUT2D eigenvalue weighted by Crippen LogP contribution is 2.23. The number of amides is 2. The molecule has 0 radical (unpaired) electrons. The van der Waals surface area contributed by atoms with Crippen LogP contribution in [0.4, 0.5) is 0 Å². The number of carbonyl (C=O) groups is 2. The molecule has 0 aromatic rings. The van der Waals surface area contributed by atoms with Crippen molar-refractivity contribution in [2.24, 2.45) is 5.41 Å². The molecular weight excluding hydrogens is 204 g/mol. The highest BCUT2D eigenvalue weighted by molar-refractivity contribution is 5.95. The maximum Gasteiger partial charge on any atom is 0.246 e. The van der Waals surface area contributed by atoms with Crippen LogP contribution in [0.25, 0.3) is 0 Å². The zero-order valence-corrected chi connectivity index (χ0v) is 10.4.